The van der Waals surface area contributed by atoms with Crippen molar-refractivity contribution < 1.29 is 18.4 Å². The SMILES string of the molecule is CC(C)Cc1nc(CCOC2CCN(C(=O)c3cn[nH]c3-c3ccc(F)cc3)CC2)no1. The second-order valence-electron chi connectivity index (χ2n) is 8.48. The lowest BCUT2D eigenvalue weighted by Gasteiger charge is -2.32. The van der Waals surface area contributed by atoms with Crippen molar-refractivity contribution in [1.82, 2.24) is 25.2 Å². The van der Waals surface area contributed by atoms with E-state index in [0.717, 1.165) is 24.8 Å². The normalized spacial score (nSPS) is 14.9. The van der Waals surface area contributed by atoms with Gasteiger partial charge in [0.05, 0.1) is 30.2 Å². The fraction of sp³-hybridized carbons (Fsp3) is 0.478. The molecule has 8 nitrogen and oxygen atoms in total. The van der Waals surface area contributed by atoms with E-state index in [1.165, 1.54) is 18.3 Å². The Morgan fingerprint density at radius 3 is 2.75 bits per heavy atom. The van der Waals surface area contributed by atoms with Crippen LogP contribution in [0.2, 0.25) is 0 Å². The maximum absolute atomic E-state index is 13.2. The third-order valence-electron chi connectivity index (χ3n) is 5.50. The van der Waals surface area contributed by atoms with E-state index in [1.807, 2.05) is 4.90 Å². The maximum Gasteiger partial charge on any atom is 0.257 e. The predicted octanol–water partition coefficient (Wildman–Crippen LogP) is 3.66. The van der Waals surface area contributed by atoms with Gasteiger partial charge in [0.2, 0.25) is 5.89 Å². The number of aromatic amines is 1. The van der Waals surface area contributed by atoms with Crippen LogP contribution >= 0.6 is 0 Å². The van der Waals surface area contributed by atoms with Gasteiger partial charge in [0.15, 0.2) is 5.82 Å². The number of nitrogens with zero attached hydrogens (tertiary/aromatic N) is 4. The summed E-state index contributed by atoms with van der Waals surface area (Å²) in [4.78, 5) is 19.2. The molecule has 3 heterocycles. The number of H-pyrrole nitrogens is 1. The minimum Gasteiger partial charge on any atom is -0.378 e. The number of amides is 1. The van der Waals surface area contributed by atoms with Gasteiger partial charge in [-0.1, -0.05) is 19.0 Å². The number of hydrogen-bond donors (Lipinski definition) is 1. The number of piperidine rings is 1. The molecule has 0 bridgehead atoms. The Hall–Kier alpha value is -3.07. The number of aromatic nitrogens is 4. The van der Waals surface area contributed by atoms with Crippen LogP contribution in [0.1, 0.15) is 48.8 Å². The van der Waals surface area contributed by atoms with E-state index in [2.05, 4.69) is 34.2 Å². The van der Waals surface area contributed by atoms with Gasteiger partial charge in [0, 0.05) is 31.5 Å². The molecule has 3 aromatic rings. The van der Waals surface area contributed by atoms with Crippen LogP contribution in [-0.2, 0) is 17.6 Å². The molecule has 1 saturated heterocycles. The largest absolute Gasteiger partial charge is 0.378 e. The van der Waals surface area contributed by atoms with E-state index in [4.69, 9.17) is 9.26 Å². The fourth-order valence-corrected chi connectivity index (χ4v) is 3.82. The van der Waals surface area contributed by atoms with E-state index in [-0.39, 0.29) is 17.8 Å². The third-order valence-corrected chi connectivity index (χ3v) is 5.50. The van der Waals surface area contributed by atoms with Gasteiger partial charge in [0.1, 0.15) is 5.82 Å². The molecular weight excluding hydrogens is 413 g/mol. The van der Waals surface area contributed by atoms with Gasteiger partial charge in [-0.05, 0) is 43.0 Å². The molecule has 32 heavy (non-hydrogen) atoms. The summed E-state index contributed by atoms with van der Waals surface area (Å²) in [6, 6.07) is 6.00. The molecule has 0 spiro atoms. The highest BCUT2D eigenvalue weighted by molar-refractivity contribution is 5.99. The summed E-state index contributed by atoms with van der Waals surface area (Å²) in [5.41, 5.74) is 1.82. The average molecular weight is 442 g/mol. The topological polar surface area (TPSA) is 97.1 Å². The van der Waals surface area contributed by atoms with Crippen molar-refractivity contribution in [3.05, 3.63) is 53.6 Å². The van der Waals surface area contributed by atoms with E-state index in [9.17, 15) is 9.18 Å². The van der Waals surface area contributed by atoms with E-state index in [1.54, 1.807) is 12.1 Å². The van der Waals surface area contributed by atoms with Gasteiger partial charge < -0.3 is 14.2 Å². The number of nitrogens with one attached hydrogen (secondary N) is 1. The zero-order valence-corrected chi connectivity index (χ0v) is 18.4. The molecule has 1 aliphatic heterocycles. The number of ether oxygens (including phenoxy) is 1. The molecule has 0 radical (unpaired) electrons. The Morgan fingerprint density at radius 1 is 1.28 bits per heavy atom. The van der Waals surface area contributed by atoms with Gasteiger partial charge in [-0.2, -0.15) is 10.1 Å². The highest BCUT2D eigenvalue weighted by atomic mass is 19.1. The summed E-state index contributed by atoms with van der Waals surface area (Å²) in [5, 5.41) is 10.9. The fourth-order valence-electron chi connectivity index (χ4n) is 3.82. The molecule has 0 unspecified atom stereocenters. The lowest BCUT2D eigenvalue weighted by molar-refractivity contribution is 0.00949. The van der Waals surface area contributed by atoms with Crippen LogP contribution in [0.25, 0.3) is 11.3 Å². The molecule has 0 saturated carbocycles. The number of likely N-dealkylation sites (tertiary alicyclic amines) is 1. The molecule has 9 heteroatoms. The van der Waals surface area contributed by atoms with E-state index < -0.39 is 0 Å². The molecule has 2 aromatic heterocycles. The Bertz CT molecular complexity index is 1020. The van der Waals surface area contributed by atoms with Gasteiger partial charge >= 0.3 is 0 Å². The van der Waals surface area contributed by atoms with Crippen molar-refractivity contribution in [2.75, 3.05) is 19.7 Å². The molecule has 1 fully saturated rings. The first-order valence-corrected chi connectivity index (χ1v) is 11.0. The van der Waals surface area contributed by atoms with Crippen molar-refractivity contribution in [3.63, 3.8) is 0 Å². The van der Waals surface area contributed by atoms with Crippen molar-refractivity contribution in [1.29, 1.82) is 0 Å². The Kier molecular flexibility index (Phi) is 6.94. The van der Waals surface area contributed by atoms with E-state index >= 15 is 0 Å². The zero-order valence-electron chi connectivity index (χ0n) is 18.4. The average Bonchev–Trinajstić information content (AvgIpc) is 3.44. The Balaban J connectivity index is 1.25. The first-order chi connectivity index (χ1) is 15.5. The van der Waals surface area contributed by atoms with Gasteiger partial charge in [-0.25, -0.2) is 4.39 Å². The highest BCUT2D eigenvalue weighted by Crippen LogP contribution is 2.24. The van der Waals surface area contributed by atoms with Crippen LogP contribution in [0.3, 0.4) is 0 Å². The highest BCUT2D eigenvalue weighted by Gasteiger charge is 2.26. The summed E-state index contributed by atoms with van der Waals surface area (Å²) in [6.45, 7) is 5.97. The van der Waals surface area contributed by atoms with Crippen LogP contribution < -0.4 is 0 Å². The Morgan fingerprint density at radius 2 is 2.03 bits per heavy atom. The van der Waals surface area contributed by atoms with Crippen molar-refractivity contribution in [2.24, 2.45) is 5.92 Å². The summed E-state index contributed by atoms with van der Waals surface area (Å²) < 4.78 is 24.5. The third kappa shape index (κ3) is 5.40. The number of benzene rings is 1. The Labute approximate surface area is 186 Å². The summed E-state index contributed by atoms with van der Waals surface area (Å²) in [7, 11) is 0. The molecule has 1 amide bonds. The van der Waals surface area contributed by atoms with E-state index in [0.29, 0.717) is 55.0 Å². The molecule has 0 aliphatic carbocycles. The number of hydrogen-bond acceptors (Lipinski definition) is 6. The minimum absolute atomic E-state index is 0.0824. The van der Waals surface area contributed by atoms with Crippen LogP contribution in [0, 0.1) is 11.7 Å². The minimum atomic E-state index is -0.321. The lowest BCUT2D eigenvalue weighted by atomic mass is 10.0. The monoisotopic (exact) mass is 441 g/mol. The smallest absolute Gasteiger partial charge is 0.257 e. The van der Waals surface area contributed by atoms with Crippen LogP contribution in [0.4, 0.5) is 4.39 Å². The van der Waals surface area contributed by atoms with Gasteiger partial charge in [-0.15, -0.1) is 0 Å². The first-order valence-electron chi connectivity index (χ1n) is 11.0. The first kappa shape index (κ1) is 22.1. The molecule has 1 aromatic carbocycles. The van der Waals surface area contributed by atoms with Crippen molar-refractivity contribution >= 4 is 5.91 Å². The standard InChI is InChI=1S/C23H28FN5O3/c1-15(2)13-21-26-20(28-32-21)9-12-31-18-7-10-29(11-8-18)23(30)19-14-25-27-22(19)16-3-5-17(24)6-4-16/h3-6,14-15,18H,7-13H2,1-2H3,(H,25,27). The number of carbonyl (C=O) groups is 1. The molecule has 1 N–H and O–H groups in total. The zero-order chi connectivity index (χ0) is 22.5. The summed E-state index contributed by atoms with van der Waals surface area (Å²) in [6.07, 6.45) is 4.54. The van der Waals surface area contributed by atoms with Crippen LogP contribution in [0.15, 0.2) is 35.0 Å². The van der Waals surface area contributed by atoms with Gasteiger partial charge in [0.25, 0.3) is 5.91 Å². The quantitative estimate of drug-likeness (QED) is 0.573. The maximum atomic E-state index is 13.2. The second kappa shape index (κ2) is 10.0. The number of halogens is 1. The molecule has 170 valence electrons. The molecule has 4 rings (SSSR count). The molecular formula is C23H28FN5O3. The molecule has 0 atom stereocenters. The van der Waals surface area contributed by atoms with Crippen LogP contribution in [0.5, 0.6) is 0 Å². The lowest BCUT2D eigenvalue weighted by Crippen LogP contribution is -2.41. The number of rotatable bonds is 8. The number of carbonyl (C=O) groups excluding carboxylic acids is 1. The second-order valence-corrected chi connectivity index (χ2v) is 8.48. The van der Waals surface area contributed by atoms with Crippen molar-refractivity contribution in [3.8, 4) is 11.3 Å². The molecule has 1 aliphatic rings. The summed E-state index contributed by atoms with van der Waals surface area (Å²) in [5.74, 6) is 1.41. The van der Waals surface area contributed by atoms with Crippen LogP contribution in [-0.4, -0.2) is 56.9 Å². The van der Waals surface area contributed by atoms with Gasteiger partial charge in [-0.3, -0.25) is 9.89 Å². The summed E-state index contributed by atoms with van der Waals surface area (Å²) >= 11 is 0. The van der Waals surface area contributed by atoms with Crippen molar-refractivity contribution in [2.45, 2.75) is 45.6 Å². The predicted molar refractivity (Wildman–Crippen MR) is 115 cm³/mol.